The van der Waals surface area contributed by atoms with E-state index in [1.807, 2.05) is 84.2 Å². The second-order valence-corrected chi connectivity index (χ2v) is 33.1. The zero-order valence-electron chi connectivity index (χ0n) is 49.3. The van der Waals surface area contributed by atoms with Crippen molar-refractivity contribution in [2.45, 2.75) is 128 Å². The highest BCUT2D eigenvalue weighted by Crippen LogP contribution is 2.41. The fourth-order valence-electron chi connectivity index (χ4n) is 8.93. The van der Waals surface area contributed by atoms with Gasteiger partial charge in [-0.3, -0.25) is 40.2 Å². The number of nitrogens with one attached hydrogen (secondary N) is 3. The molecule has 0 saturated heterocycles. The average molecular weight is 1130 g/mol. The summed E-state index contributed by atoms with van der Waals surface area (Å²) in [5, 5.41) is 26.1. The number of aliphatic hydroxyl groups is 1. The maximum atomic E-state index is 12.9. The van der Waals surface area contributed by atoms with Gasteiger partial charge in [0.05, 0.1) is 33.6 Å². The van der Waals surface area contributed by atoms with Crippen LogP contribution in [0.4, 0.5) is 0 Å². The fourth-order valence-corrected chi connectivity index (χ4v) is 11.6. The van der Waals surface area contributed by atoms with E-state index < -0.39 is 16.6 Å². The zero-order chi connectivity index (χ0) is 59.6. The number of carbonyl (C=O) groups excluding carboxylic acids is 4. The Morgan fingerprint density at radius 3 is 1.31 bits per heavy atom. The van der Waals surface area contributed by atoms with Crippen molar-refractivity contribution in [3.8, 4) is 22.5 Å². The molecule has 0 bridgehead atoms. The van der Waals surface area contributed by atoms with Gasteiger partial charge in [-0.15, -0.1) is 0 Å². The SMILES string of the molecule is CC(O[Si](C)(C)C(C)(C)C)c1nc(-c2ccc(CC([B]OC=N)CN3C(=O)c4ccccc4C3=O)cc2)cn1C.CC(O[Si](C)(C)C(C)(C)C)c1nc(-c2ccc(CC([B]OC=N)CO)cc2)cn1C.O=C1NC(=O)c2ccccc21. The van der Waals surface area contributed by atoms with Gasteiger partial charge in [-0.1, -0.05) is 114 Å². The molecular formula is C60H78B2N8O9Si2. The van der Waals surface area contributed by atoms with Crippen molar-refractivity contribution in [2.75, 3.05) is 13.2 Å². The number of fused-ring (bicyclic) bond motifs is 2. The van der Waals surface area contributed by atoms with E-state index in [1.165, 1.54) is 19.9 Å². The molecule has 4 amide bonds. The number of nitrogens with zero attached hydrogens (tertiary/aromatic N) is 5. The van der Waals surface area contributed by atoms with E-state index in [9.17, 15) is 24.3 Å². The number of hydrogen-bond donors (Lipinski definition) is 4. The van der Waals surface area contributed by atoms with Crippen LogP contribution in [0.15, 0.2) is 109 Å². The first-order valence-electron chi connectivity index (χ1n) is 27.2. The number of benzene rings is 4. The van der Waals surface area contributed by atoms with Crippen LogP contribution in [0, 0.1) is 10.8 Å². The summed E-state index contributed by atoms with van der Waals surface area (Å²) in [7, 11) is 3.19. The molecule has 2 aromatic heterocycles. The van der Waals surface area contributed by atoms with E-state index in [1.54, 1.807) is 48.5 Å². The first-order chi connectivity index (χ1) is 38.1. The van der Waals surface area contributed by atoms with Crippen LogP contribution in [-0.2, 0) is 45.1 Å². The van der Waals surface area contributed by atoms with Crippen molar-refractivity contribution >= 4 is 68.0 Å². The van der Waals surface area contributed by atoms with Gasteiger partial charge in [0, 0.05) is 56.6 Å². The van der Waals surface area contributed by atoms with Crippen LogP contribution in [0.1, 0.15) is 132 Å². The Morgan fingerprint density at radius 2 is 0.951 bits per heavy atom. The van der Waals surface area contributed by atoms with Crippen LogP contribution < -0.4 is 5.32 Å². The van der Waals surface area contributed by atoms with Crippen LogP contribution >= 0.6 is 0 Å². The first-order valence-corrected chi connectivity index (χ1v) is 33.0. The Bertz CT molecular complexity index is 3120. The molecule has 4 N–H and O–H groups in total. The van der Waals surface area contributed by atoms with E-state index >= 15 is 0 Å². The van der Waals surface area contributed by atoms with E-state index in [2.05, 4.69) is 86.9 Å². The van der Waals surface area contributed by atoms with Crippen molar-refractivity contribution in [2.24, 2.45) is 14.1 Å². The number of hydrogen-bond acceptors (Lipinski definition) is 13. The second-order valence-electron chi connectivity index (χ2n) is 23.6. The summed E-state index contributed by atoms with van der Waals surface area (Å²) in [6, 6.07) is 29.9. The van der Waals surface area contributed by atoms with Gasteiger partial charge in [0.25, 0.3) is 23.6 Å². The van der Waals surface area contributed by atoms with Gasteiger partial charge in [0.1, 0.15) is 36.7 Å². The number of imide groups is 2. The van der Waals surface area contributed by atoms with Gasteiger partial charge >= 0.3 is 15.0 Å². The number of carbonyl (C=O) groups is 4. The number of aromatic nitrogens is 4. The number of imidazole rings is 2. The Labute approximate surface area is 481 Å². The molecule has 8 rings (SSSR count). The lowest BCUT2D eigenvalue weighted by Crippen LogP contribution is -2.41. The highest BCUT2D eigenvalue weighted by molar-refractivity contribution is 6.74. The van der Waals surface area contributed by atoms with Crippen LogP contribution in [-0.4, -0.2) is 110 Å². The van der Waals surface area contributed by atoms with Crippen molar-refractivity contribution in [1.82, 2.24) is 29.3 Å². The molecular weight excluding hydrogens is 1050 g/mol. The van der Waals surface area contributed by atoms with Gasteiger partial charge in [0.2, 0.25) is 0 Å². The number of aryl methyl sites for hydroxylation is 2. The molecule has 4 heterocycles. The van der Waals surface area contributed by atoms with Crippen molar-refractivity contribution < 1.29 is 42.4 Å². The minimum atomic E-state index is -1.94. The summed E-state index contributed by atoms with van der Waals surface area (Å²) in [4.78, 5) is 58.6. The number of amides is 4. The van der Waals surface area contributed by atoms with E-state index in [0.29, 0.717) is 35.1 Å². The van der Waals surface area contributed by atoms with E-state index in [-0.39, 0.29) is 70.7 Å². The highest BCUT2D eigenvalue weighted by atomic mass is 28.4. The largest absolute Gasteiger partial charge is 0.555 e. The lowest BCUT2D eigenvalue weighted by atomic mass is 9.75. The third kappa shape index (κ3) is 15.7. The third-order valence-corrected chi connectivity index (χ3v) is 24.6. The van der Waals surface area contributed by atoms with Gasteiger partial charge in [-0.2, -0.15) is 0 Å². The normalized spacial score (nSPS) is 14.7. The van der Waals surface area contributed by atoms with Gasteiger partial charge in [-0.05, 0) is 104 Å². The van der Waals surface area contributed by atoms with Crippen LogP contribution in [0.3, 0.4) is 0 Å². The summed E-state index contributed by atoms with van der Waals surface area (Å²) in [6.07, 6.45) is 6.75. The fraction of sp³-hybridized carbons (Fsp3) is 0.400. The molecule has 0 aliphatic carbocycles. The Hall–Kier alpha value is -7.04. The molecule has 0 fully saturated rings. The molecule has 6 aromatic rings. The summed E-state index contributed by atoms with van der Waals surface area (Å²) >= 11 is 0. The van der Waals surface area contributed by atoms with E-state index in [4.69, 9.17) is 38.9 Å². The molecule has 17 nitrogen and oxygen atoms in total. The minimum Gasteiger partial charge on any atom is -0.555 e. The van der Waals surface area contributed by atoms with Crippen molar-refractivity contribution in [3.05, 3.63) is 154 Å². The van der Waals surface area contributed by atoms with Crippen molar-refractivity contribution in [3.63, 3.8) is 0 Å². The summed E-state index contributed by atoms with van der Waals surface area (Å²) in [6.45, 7) is 26.7. The van der Waals surface area contributed by atoms with Crippen LogP contribution in [0.5, 0.6) is 0 Å². The monoisotopic (exact) mass is 1130 g/mol. The van der Waals surface area contributed by atoms with Crippen LogP contribution in [0.25, 0.3) is 22.5 Å². The van der Waals surface area contributed by atoms with Gasteiger partial charge in [0.15, 0.2) is 16.6 Å². The molecule has 426 valence electrons. The zero-order valence-corrected chi connectivity index (χ0v) is 51.3. The molecule has 21 heteroatoms. The summed E-state index contributed by atoms with van der Waals surface area (Å²) in [5.41, 5.74) is 7.70. The molecule has 2 aliphatic rings. The molecule has 81 heavy (non-hydrogen) atoms. The maximum Gasteiger partial charge on any atom is 0.377 e. The molecule has 4 atom stereocenters. The van der Waals surface area contributed by atoms with Crippen molar-refractivity contribution in [1.29, 1.82) is 10.8 Å². The highest BCUT2D eigenvalue weighted by Gasteiger charge is 2.41. The lowest BCUT2D eigenvalue weighted by molar-refractivity contribution is 0.0650. The summed E-state index contributed by atoms with van der Waals surface area (Å²) in [5.74, 6) is 0.178. The van der Waals surface area contributed by atoms with E-state index in [0.717, 1.165) is 58.1 Å². The van der Waals surface area contributed by atoms with Gasteiger partial charge < -0.3 is 32.4 Å². The molecule has 0 spiro atoms. The molecule has 4 unspecified atom stereocenters. The standard InChI is InChI=1S/C30H38BN4O4Si.C22H35BN3O3Si.C8H5NO2/c1-20(39-40(6,7)30(2,3)4)27-33-26(18-34(27)5)22-14-12-21(13-15-22)16-23(31-38-19-32)17-35-28(36)24-10-8-9-11-25(24)29(35)37;1-16(29-30(6,7)22(2,3)4)21-25-20(13-26(21)5)18-10-8-17(9-11-18)12-19(14-27)23-28-15-24;10-7-5-3-1-2-4-6(5)8(11)9-7/h8-15,18-20,23,32H,16-17H2,1-7H3;8-11,13,15-16,19,24,27H,12,14H2,1-7H3;1-4H,(H,9,10,11). The molecule has 2 aliphatic heterocycles. The minimum absolute atomic E-state index is 0.0225. The topological polar surface area (TPSA) is 224 Å². The number of aliphatic hydroxyl groups excluding tert-OH is 1. The molecule has 0 saturated carbocycles. The Morgan fingerprint density at radius 1 is 0.593 bits per heavy atom. The van der Waals surface area contributed by atoms with Gasteiger partial charge in [-0.25, -0.2) is 9.97 Å². The third-order valence-electron chi connectivity index (χ3n) is 15.5. The average Bonchev–Trinajstić information content (AvgIpc) is 4.15. The Kier molecular flexibility index (Phi) is 20.8. The first kappa shape index (κ1) is 63.2. The molecule has 4 aromatic carbocycles. The predicted molar refractivity (Wildman–Crippen MR) is 324 cm³/mol. The molecule has 2 radical (unpaired) electrons. The lowest BCUT2D eigenvalue weighted by Gasteiger charge is -2.38. The quantitative estimate of drug-likeness (QED) is 0.0230. The predicted octanol–water partition coefficient (Wildman–Crippen LogP) is 11.3. The smallest absolute Gasteiger partial charge is 0.377 e. The Balaban J connectivity index is 0.000000225. The summed E-state index contributed by atoms with van der Waals surface area (Å²) < 4.78 is 27.2. The number of rotatable bonds is 21. The maximum absolute atomic E-state index is 12.9. The van der Waals surface area contributed by atoms with Crippen LogP contribution in [0.2, 0.25) is 47.9 Å². The second kappa shape index (κ2) is 26.7.